The summed E-state index contributed by atoms with van der Waals surface area (Å²) < 4.78 is 49.9. The number of β-amino-alcohol motifs (C(OH)–C–C–N with tert-alkyl or cyclic N) is 1. The lowest BCUT2D eigenvalue weighted by molar-refractivity contribution is 0.0568. The van der Waals surface area contributed by atoms with Crippen LogP contribution in [0.1, 0.15) is 33.6 Å². The van der Waals surface area contributed by atoms with E-state index >= 15 is 0 Å². The molecule has 0 aliphatic carbocycles. The van der Waals surface area contributed by atoms with Crippen molar-refractivity contribution in [2.45, 2.75) is 18.9 Å². The maximum atomic E-state index is 12.8. The maximum Gasteiger partial charge on any atom is 0.229 e. The van der Waals surface area contributed by atoms with Crippen molar-refractivity contribution in [3.05, 3.63) is 59.7 Å². The van der Waals surface area contributed by atoms with E-state index in [1.54, 1.807) is 24.3 Å². The monoisotopic (exact) mass is 523 g/mol. The second-order valence-corrected chi connectivity index (χ2v) is 12.2. The number of benzene rings is 2. The molecule has 0 saturated carbocycles. The highest BCUT2D eigenvalue weighted by Gasteiger charge is 2.28. The third-order valence-electron chi connectivity index (χ3n) is 5.64. The number of hydrogen-bond acceptors (Lipinski definition) is 8. The first kappa shape index (κ1) is 26.8. The Morgan fingerprint density at radius 1 is 0.857 bits per heavy atom. The van der Waals surface area contributed by atoms with E-state index in [4.69, 9.17) is 0 Å². The zero-order chi connectivity index (χ0) is 25.8. The van der Waals surface area contributed by atoms with Gasteiger partial charge in [-0.2, -0.15) is 0 Å². The number of likely N-dealkylation sites (tertiary alicyclic amines) is 1. The highest BCUT2D eigenvalue weighted by atomic mass is 32.2. The summed E-state index contributed by atoms with van der Waals surface area (Å²) in [6, 6.07) is 12.1. The Kier molecular flexibility index (Phi) is 8.31. The molecule has 190 valence electrons. The van der Waals surface area contributed by atoms with Gasteiger partial charge in [0.25, 0.3) is 0 Å². The molecule has 2 aromatic rings. The standard InChI is InChI=1S/C23H29N3O7S2/c1-34(30,31)24-19-7-3-16(4-8-19)22(28)18-11-13-26(14-12-18)15-21(27)23(29)17-5-9-20(10-6-17)25-35(2,32)33/h3-10,18,21,24-25,27H,11-15H2,1-2H3. The zero-order valence-electron chi connectivity index (χ0n) is 19.5. The Labute approximate surface area is 205 Å². The quantitative estimate of drug-likeness (QED) is 0.397. The number of Topliss-reactive ketones (excluding diaryl/α,β-unsaturated/α-hetero) is 2. The molecule has 0 bridgehead atoms. The zero-order valence-corrected chi connectivity index (χ0v) is 21.1. The highest BCUT2D eigenvalue weighted by Crippen LogP contribution is 2.23. The molecule has 1 unspecified atom stereocenters. The molecule has 1 atom stereocenters. The van der Waals surface area contributed by atoms with E-state index in [0.717, 1.165) is 12.5 Å². The van der Waals surface area contributed by atoms with Gasteiger partial charge in [-0.15, -0.1) is 0 Å². The lowest BCUT2D eigenvalue weighted by Crippen LogP contribution is -2.42. The number of carbonyl (C=O) groups excluding carboxylic acids is 2. The van der Waals surface area contributed by atoms with E-state index in [-0.39, 0.29) is 23.8 Å². The third kappa shape index (κ3) is 8.13. The largest absolute Gasteiger partial charge is 0.384 e. The first-order chi connectivity index (χ1) is 16.3. The molecule has 0 spiro atoms. The number of anilines is 2. The van der Waals surface area contributed by atoms with E-state index in [1.807, 2.05) is 4.90 Å². The Hall–Kier alpha value is -2.80. The Bertz CT molecular complexity index is 1270. The smallest absolute Gasteiger partial charge is 0.229 e. The number of aliphatic hydroxyl groups excluding tert-OH is 1. The molecule has 1 fully saturated rings. The number of hydrogen-bond donors (Lipinski definition) is 3. The molecule has 35 heavy (non-hydrogen) atoms. The van der Waals surface area contributed by atoms with Gasteiger partial charge in [0, 0.05) is 35.0 Å². The fraction of sp³-hybridized carbons (Fsp3) is 0.391. The van der Waals surface area contributed by atoms with Crippen LogP contribution < -0.4 is 9.44 Å². The van der Waals surface area contributed by atoms with Crippen molar-refractivity contribution >= 4 is 43.0 Å². The summed E-state index contributed by atoms with van der Waals surface area (Å²) in [6.45, 7) is 1.23. The first-order valence-electron chi connectivity index (χ1n) is 11.0. The van der Waals surface area contributed by atoms with Gasteiger partial charge in [-0.3, -0.25) is 19.0 Å². The number of nitrogens with zero attached hydrogens (tertiary/aromatic N) is 1. The van der Waals surface area contributed by atoms with Crippen LogP contribution in [0, 0.1) is 5.92 Å². The van der Waals surface area contributed by atoms with Gasteiger partial charge in [0.2, 0.25) is 20.0 Å². The Morgan fingerprint density at radius 2 is 1.29 bits per heavy atom. The Balaban J connectivity index is 1.50. The van der Waals surface area contributed by atoms with Crippen LogP contribution in [0.3, 0.4) is 0 Å². The molecular weight excluding hydrogens is 494 g/mol. The molecule has 0 aromatic heterocycles. The van der Waals surface area contributed by atoms with Crippen molar-refractivity contribution in [2.24, 2.45) is 5.92 Å². The summed E-state index contributed by atoms with van der Waals surface area (Å²) in [4.78, 5) is 27.3. The van der Waals surface area contributed by atoms with Crippen LogP contribution in [0.5, 0.6) is 0 Å². The maximum absolute atomic E-state index is 12.8. The van der Waals surface area contributed by atoms with Gasteiger partial charge >= 0.3 is 0 Å². The minimum absolute atomic E-state index is 0.0185. The van der Waals surface area contributed by atoms with Crippen LogP contribution in [-0.4, -0.2) is 76.7 Å². The molecule has 1 saturated heterocycles. The van der Waals surface area contributed by atoms with Crippen LogP contribution in [0.2, 0.25) is 0 Å². The topological polar surface area (TPSA) is 150 Å². The molecule has 12 heteroatoms. The van der Waals surface area contributed by atoms with E-state index in [9.17, 15) is 31.5 Å². The predicted molar refractivity (Wildman–Crippen MR) is 134 cm³/mol. The minimum Gasteiger partial charge on any atom is -0.384 e. The number of sulfonamides is 2. The SMILES string of the molecule is CS(=O)(=O)Nc1ccc(C(=O)C(O)CN2CCC(C(=O)c3ccc(NS(C)(=O)=O)cc3)CC2)cc1. The summed E-state index contributed by atoms with van der Waals surface area (Å²) in [5.74, 6) is -0.672. The van der Waals surface area contributed by atoms with Crippen molar-refractivity contribution < 1.29 is 31.5 Å². The molecule has 3 N–H and O–H groups in total. The minimum atomic E-state index is -3.42. The summed E-state index contributed by atoms with van der Waals surface area (Å²) in [6.07, 6.45) is 2.00. The van der Waals surface area contributed by atoms with E-state index in [1.165, 1.54) is 24.3 Å². The molecule has 1 aliphatic rings. The molecule has 2 aromatic carbocycles. The number of ketones is 2. The first-order valence-corrected chi connectivity index (χ1v) is 14.7. The van der Waals surface area contributed by atoms with E-state index < -0.39 is 31.9 Å². The van der Waals surface area contributed by atoms with Crippen molar-refractivity contribution in [1.82, 2.24) is 4.90 Å². The molecule has 0 radical (unpaired) electrons. The predicted octanol–water partition coefficient (Wildman–Crippen LogP) is 1.57. The molecule has 10 nitrogen and oxygen atoms in total. The average molecular weight is 524 g/mol. The average Bonchev–Trinajstić information content (AvgIpc) is 2.77. The van der Waals surface area contributed by atoms with Crippen molar-refractivity contribution in [3.8, 4) is 0 Å². The normalized spacial score (nSPS) is 16.4. The summed E-state index contributed by atoms with van der Waals surface area (Å²) >= 11 is 0. The van der Waals surface area contributed by atoms with Crippen LogP contribution in [-0.2, 0) is 20.0 Å². The van der Waals surface area contributed by atoms with Gasteiger partial charge in [0.15, 0.2) is 11.6 Å². The van der Waals surface area contributed by atoms with E-state index in [2.05, 4.69) is 9.44 Å². The van der Waals surface area contributed by atoms with Crippen molar-refractivity contribution in [1.29, 1.82) is 0 Å². The van der Waals surface area contributed by atoms with Crippen LogP contribution in [0.15, 0.2) is 48.5 Å². The number of carbonyl (C=O) groups is 2. The summed E-state index contributed by atoms with van der Waals surface area (Å²) in [5, 5.41) is 10.4. The lowest BCUT2D eigenvalue weighted by Gasteiger charge is -2.32. The fourth-order valence-electron chi connectivity index (χ4n) is 3.97. The number of piperidine rings is 1. The van der Waals surface area contributed by atoms with Gasteiger partial charge in [-0.1, -0.05) is 0 Å². The van der Waals surface area contributed by atoms with Crippen LogP contribution in [0.4, 0.5) is 11.4 Å². The molecular formula is C23H29N3O7S2. The third-order valence-corrected chi connectivity index (χ3v) is 6.85. The van der Waals surface area contributed by atoms with Gasteiger partial charge in [0.05, 0.1) is 12.5 Å². The van der Waals surface area contributed by atoms with Crippen molar-refractivity contribution in [2.75, 3.05) is 41.6 Å². The summed E-state index contributed by atoms with van der Waals surface area (Å²) in [5.41, 5.74) is 1.49. The number of rotatable bonds is 10. The molecule has 3 rings (SSSR count). The van der Waals surface area contributed by atoms with Gasteiger partial charge in [0.1, 0.15) is 6.10 Å². The van der Waals surface area contributed by atoms with Crippen LogP contribution >= 0.6 is 0 Å². The number of aliphatic hydroxyl groups is 1. The van der Waals surface area contributed by atoms with Crippen molar-refractivity contribution in [3.63, 3.8) is 0 Å². The number of nitrogens with one attached hydrogen (secondary N) is 2. The Morgan fingerprint density at radius 3 is 1.71 bits per heavy atom. The second kappa shape index (κ2) is 10.9. The van der Waals surface area contributed by atoms with Crippen LogP contribution in [0.25, 0.3) is 0 Å². The molecule has 0 amide bonds. The lowest BCUT2D eigenvalue weighted by atomic mass is 9.88. The van der Waals surface area contributed by atoms with E-state index in [0.29, 0.717) is 42.9 Å². The fourth-order valence-corrected chi connectivity index (χ4v) is 5.09. The second-order valence-electron chi connectivity index (χ2n) is 8.72. The van der Waals surface area contributed by atoms with Gasteiger partial charge in [-0.05, 0) is 74.5 Å². The highest BCUT2D eigenvalue weighted by molar-refractivity contribution is 7.92. The van der Waals surface area contributed by atoms with Gasteiger partial charge < -0.3 is 10.0 Å². The molecule has 1 heterocycles. The molecule has 1 aliphatic heterocycles. The summed E-state index contributed by atoms with van der Waals surface area (Å²) in [7, 11) is -6.81. The van der Waals surface area contributed by atoms with Gasteiger partial charge in [-0.25, -0.2) is 16.8 Å².